The number of thiophene rings is 1. The molecule has 150 valence electrons. The molecule has 2 aliphatic rings. The summed E-state index contributed by atoms with van der Waals surface area (Å²) in [5.41, 5.74) is 0. The summed E-state index contributed by atoms with van der Waals surface area (Å²) in [6.07, 6.45) is 9.57. The molecule has 0 radical (unpaired) electrons. The number of amides is 1. The largest absolute Gasteiger partial charge is 0.459 e. The average molecular weight is 394 g/mol. The summed E-state index contributed by atoms with van der Waals surface area (Å²) < 4.78 is 11.8. The van der Waals surface area contributed by atoms with E-state index in [4.69, 9.17) is 14.6 Å². The summed E-state index contributed by atoms with van der Waals surface area (Å²) in [4.78, 5) is 16.2. The van der Waals surface area contributed by atoms with Crippen molar-refractivity contribution in [2.45, 2.75) is 69.6 Å². The zero-order valence-corrected chi connectivity index (χ0v) is 17.0. The highest BCUT2D eigenvalue weighted by atomic mass is 32.1. The van der Waals surface area contributed by atoms with E-state index in [0.29, 0.717) is 31.2 Å². The maximum absolute atomic E-state index is 13.1. The van der Waals surface area contributed by atoms with Crippen molar-refractivity contribution in [2.75, 3.05) is 20.3 Å². The van der Waals surface area contributed by atoms with Crippen LogP contribution in [-0.4, -0.2) is 48.5 Å². The number of allylic oxidation sites excluding steroid dienone is 1. The van der Waals surface area contributed by atoms with Crippen molar-refractivity contribution in [2.24, 2.45) is 0 Å². The van der Waals surface area contributed by atoms with Crippen LogP contribution in [0.5, 0.6) is 0 Å². The molecule has 5 nitrogen and oxygen atoms in total. The molecule has 6 heteroatoms. The molecule has 1 fully saturated rings. The van der Waals surface area contributed by atoms with E-state index in [1.54, 1.807) is 11.3 Å². The van der Waals surface area contributed by atoms with Crippen LogP contribution in [0, 0.1) is 0 Å². The fourth-order valence-corrected chi connectivity index (χ4v) is 4.66. The minimum Gasteiger partial charge on any atom is -0.459 e. The quantitative estimate of drug-likeness (QED) is 0.677. The van der Waals surface area contributed by atoms with Crippen LogP contribution in [0.25, 0.3) is 0 Å². The second-order valence-electron chi connectivity index (χ2n) is 7.45. The smallest absolute Gasteiger partial charge is 0.288 e. The van der Waals surface area contributed by atoms with Crippen molar-refractivity contribution in [3.63, 3.8) is 0 Å². The van der Waals surface area contributed by atoms with Crippen molar-refractivity contribution in [1.82, 2.24) is 4.90 Å². The maximum atomic E-state index is 13.1. The molecule has 1 aliphatic carbocycles. The molecule has 0 bridgehead atoms. The molecular weight excluding hydrogens is 362 g/mol. The molecule has 0 aromatic carbocycles. The van der Waals surface area contributed by atoms with Gasteiger partial charge in [0.1, 0.15) is 0 Å². The van der Waals surface area contributed by atoms with E-state index in [1.807, 2.05) is 24.1 Å². The lowest BCUT2D eigenvalue weighted by Gasteiger charge is -2.34. The van der Waals surface area contributed by atoms with Crippen LogP contribution in [0.1, 0.15) is 62.2 Å². The van der Waals surface area contributed by atoms with Gasteiger partial charge in [0.2, 0.25) is 6.29 Å². The van der Waals surface area contributed by atoms with Crippen molar-refractivity contribution in [1.29, 1.82) is 0 Å². The molecule has 1 amide bonds. The lowest BCUT2D eigenvalue weighted by molar-refractivity contribution is -0.153. The number of unbranched alkanes of at least 4 members (excludes halogenated alkanes) is 1. The van der Waals surface area contributed by atoms with Gasteiger partial charge in [-0.2, -0.15) is 0 Å². The Morgan fingerprint density at radius 2 is 2.15 bits per heavy atom. The third-order valence-electron chi connectivity index (χ3n) is 5.48. The number of likely N-dealkylation sites (N-methyl/N-ethyl adjacent to an activating group) is 1. The van der Waals surface area contributed by atoms with Gasteiger partial charge in [0.15, 0.2) is 5.76 Å². The maximum Gasteiger partial charge on any atom is 0.288 e. The molecule has 1 N–H and O–H groups in total. The van der Waals surface area contributed by atoms with E-state index in [-0.39, 0.29) is 18.4 Å². The monoisotopic (exact) mass is 393 g/mol. The van der Waals surface area contributed by atoms with Crippen LogP contribution < -0.4 is 0 Å². The Balaban J connectivity index is 1.69. The zero-order chi connectivity index (χ0) is 19.1. The molecule has 1 aromatic heterocycles. The van der Waals surface area contributed by atoms with Crippen LogP contribution in [0.4, 0.5) is 0 Å². The third kappa shape index (κ3) is 5.56. The standard InChI is InChI=1S/C21H31NO4S/c1-22(17-8-3-2-4-9-17)21(24)18-14-16(19-10-7-13-27-19)15-20(26-18)25-12-6-5-11-23/h7,10,13-14,16-17,20,23H,2-6,8-9,11-12,15H2,1H3/t16-,20+/m0/s1. The Labute approximate surface area is 166 Å². The first-order valence-electron chi connectivity index (χ1n) is 10.1. The number of ether oxygens (including phenoxy) is 2. The van der Waals surface area contributed by atoms with Gasteiger partial charge in [-0.15, -0.1) is 11.3 Å². The van der Waals surface area contributed by atoms with Gasteiger partial charge in [0.05, 0.1) is 6.61 Å². The van der Waals surface area contributed by atoms with E-state index in [1.165, 1.54) is 24.1 Å². The molecule has 3 rings (SSSR count). The minimum atomic E-state index is -0.417. The lowest BCUT2D eigenvalue weighted by atomic mass is 9.94. The van der Waals surface area contributed by atoms with Crippen molar-refractivity contribution >= 4 is 17.2 Å². The van der Waals surface area contributed by atoms with Crippen LogP contribution in [0.15, 0.2) is 29.3 Å². The highest BCUT2D eigenvalue weighted by Gasteiger charge is 2.32. The number of aliphatic hydroxyl groups is 1. The molecule has 0 unspecified atom stereocenters. The summed E-state index contributed by atoms with van der Waals surface area (Å²) in [5.74, 6) is 0.521. The first kappa shape index (κ1) is 20.4. The van der Waals surface area contributed by atoms with E-state index >= 15 is 0 Å². The highest BCUT2D eigenvalue weighted by molar-refractivity contribution is 7.10. The second kappa shape index (κ2) is 10.2. The van der Waals surface area contributed by atoms with Crippen LogP contribution in [0.3, 0.4) is 0 Å². The van der Waals surface area contributed by atoms with Gasteiger partial charge in [-0.05, 0) is 43.2 Å². The number of rotatable bonds is 8. The average Bonchev–Trinajstić information content (AvgIpc) is 3.25. The van der Waals surface area contributed by atoms with Gasteiger partial charge >= 0.3 is 0 Å². The molecule has 1 saturated carbocycles. The minimum absolute atomic E-state index is 0.0351. The Kier molecular flexibility index (Phi) is 7.73. The fraction of sp³-hybridized carbons (Fsp3) is 0.667. The molecule has 27 heavy (non-hydrogen) atoms. The van der Waals surface area contributed by atoms with E-state index < -0.39 is 6.29 Å². The molecule has 2 atom stereocenters. The van der Waals surface area contributed by atoms with Crippen LogP contribution >= 0.6 is 11.3 Å². The molecular formula is C21H31NO4S. The summed E-state index contributed by atoms with van der Waals surface area (Å²) in [6.45, 7) is 0.699. The van der Waals surface area contributed by atoms with Crippen molar-refractivity contribution < 1.29 is 19.4 Å². The predicted molar refractivity (Wildman–Crippen MR) is 107 cm³/mol. The van der Waals surface area contributed by atoms with E-state index in [2.05, 4.69) is 11.4 Å². The predicted octanol–water partition coefficient (Wildman–Crippen LogP) is 4.04. The normalized spacial score (nSPS) is 23.6. The summed E-state index contributed by atoms with van der Waals surface area (Å²) in [6, 6.07) is 4.45. The number of nitrogens with zero attached hydrogens (tertiary/aromatic N) is 1. The molecule has 1 aliphatic heterocycles. The van der Waals surface area contributed by atoms with Gasteiger partial charge in [-0.3, -0.25) is 4.79 Å². The van der Waals surface area contributed by atoms with E-state index in [9.17, 15) is 4.79 Å². The lowest BCUT2D eigenvalue weighted by Crippen LogP contribution is -2.41. The van der Waals surface area contributed by atoms with Gasteiger partial charge < -0.3 is 19.5 Å². The molecule has 0 spiro atoms. The Hall–Kier alpha value is -1.37. The Morgan fingerprint density at radius 1 is 1.33 bits per heavy atom. The number of carbonyl (C=O) groups excluding carboxylic acids is 1. The zero-order valence-electron chi connectivity index (χ0n) is 16.1. The van der Waals surface area contributed by atoms with Crippen LogP contribution in [0.2, 0.25) is 0 Å². The Bertz CT molecular complexity index is 610. The second-order valence-corrected chi connectivity index (χ2v) is 8.42. The summed E-state index contributed by atoms with van der Waals surface area (Å²) in [7, 11) is 1.90. The van der Waals surface area contributed by atoms with E-state index in [0.717, 1.165) is 19.3 Å². The van der Waals surface area contributed by atoms with Crippen molar-refractivity contribution in [3.8, 4) is 0 Å². The number of aliphatic hydroxyl groups excluding tert-OH is 1. The topological polar surface area (TPSA) is 59.0 Å². The van der Waals surface area contributed by atoms with Crippen LogP contribution in [-0.2, 0) is 14.3 Å². The van der Waals surface area contributed by atoms with Gasteiger partial charge in [-0.25, -0.2) is 0 Å². The number of hydrogen-bond donors (Lipinski definition) is 1. The molecule has 0 saturated heterocycles. The SMILES string of the molecule is CN(C(=O)C1=C[C@H](c2cccs2)C[C@H](OCCCCO)O1)C1CCCCC1. The molecule has 2 heterocycles. The number of hydrogen-bond acceptors (Lipinski definition) is 5. The fourth-order valence-electron chi connectivity index (χ4n) is 3.85. The molecule has 1 aromatic rings. The van der Waals surface area contributed by atoms with Gasteiger partial charge in [0, 0.05) is 36.9 Å². The third-order valence-corrected chi connectivity index (χ3v) is 6.48. The first-order valence-corrected chi connectivity index (χ1v) is 11.0. The Morgan fingerprint density at radius 3 is 2.85 bits per heavy atom. The van der Waals surface area contributed by atoms with Gasteiger partial charge in [0.25, 0.3) is 5.91 Å². The highest BCUT2D eigenvalue weighted by Crippen LogP contribution is 2.35. The summed E-state index contributed by atoms with van der Waals surface area (Å²) in [5, 5.41) is 11.0. The van der Waals surface area contributed by atoms with Gasteiger partial charge in [-0.1, -0.05) is 25.3 Å². The van der Waals surface area contributed by atoms with Crippen molar-refractivity contribution in [3.05, 3.63) is 34.2 Å². The number of carbonyl (C=O) groups is 1. The first-order chi connectivity index (χ1) is 13.2. The summed E-state index contributed by atoms with van der Waals surface area (Å²) >= 11 is 1.70.